The quantitative estimate of drug-likeness (QED) is 0.839. The maximum absolute atomic E-state index is 11.7. The number of aromatic nitrogens is 2. The Bertz CT molecular complexity index is 503. The third-order valence-electron chi connectivity index (χ3n) is 2.45. The highest BCUT2D eigenvalue weighted by Gasteiger charge is 2.16. The number of amides is 1. The van der Waals surface area contributed by atoms with E-state index in [9.17, 15) is 9.59 Å². The van der Waals surface area contributed by atoms with Crippen molar-refractivity contribution in [3.8, 4) is 0 Å². The molecule has 7 heteroatoms. The standard InChI is InChI=1S/C14H23N3O4/c1-6-20-12(18)11-9-17(16-10(11)2)8-7-15-13(19)21-14(3,4)5/h9H,6-8H2,1-5H3,(H,15,19). The van der Waals surface area contributed by atoms with Crippen molar-refractivity contribution in [3.05, 3.63) is 17.5 Å². The Labute approximate surface area is 124 Å². The molecule has 0 spiro atoms. The number of alkyl carbamates (subject to hydrolysis) is 1. The first kappa shape index (κ1) is 17.0. The maximum atomic E-state index is 11.7. The number of carbonyl (C=O) groups is 2. The SMILES string of the molecule is CCOC(=O)c1cn(CCNC(=O)OC(C)(C)C)nc1C. The first-order chi connectivity index (χ1) is 9.73. The molecule has 0 fully saturated rings. The van der Waals surface area contributed by atoms with Gasteiger partial charge < -0.3 is 14.8 Å². The lowest BCUT2D eigenvalue weighted by Gasteiger charge is -2.19. The number of rotatable bonds is 5. The van der Waals surface area contributed by atoms with Crippen LogP contribution in [0.5, 0.6) is 0 Å². The Kier molecular flexibility index (Phi) is 5.75. The summed E-state index contributed by atoms with van der Waals surface area (Å²) in [6.45, 7) is 10.0. The summed E-state index contributed by atoms with van der Waals surface area (Å²) in [4.78, 5) is 23.1. The molecule has 1 aromatic rings. The lowest BCUT2D eigenvalue weighted by atomic mass is 10.2. The summed E-state index contributed by atoms with van der Waals surface area (Å²) >= 11 is 0. The van der Waals surface area contributed by atoms with Crippen LogP contribution in [-0.4, -0.2) is 40.6 Å². The number of ether oxygens (including phenoxy) is 2. The van der Waals surface area contributed by atoms with Crippen molar-refractivity contribution < 1.29 is 19.1 Å². The monoisotopic (exact) mass is 297 g/mol. The van der Waals surface area contributed by atoms with Crippen molar-refractivity contribution in [2.75, 3.05) is 13.2 Å². The number of nitrogens with zero attached hydrogens (tertiary/aromatic N) is 2. The second-order valence-corrected chi connectivity index (χ2v) is 5.54. The van der Waals surface area contributed by atoms with E-state index < -0.39 is 11.7 Å². The number of aryl methyl sites for hydroxylation is 1. The summed E-state index contributed by atoms with van der Waals surface area (Å²) in [5.41, 5.74) is 0.517. The van der Waals surface area contributed by atoms with Crippen LogP contribution in [0.1, 0.15) is 43.7 Å². The van der Waals surface area contributed by atoms with Gasteiger partial charge in [-0.3, -0.25) is 4.68 Å². The highest BCUT2D eigenvalue weighted by atomic mass is 16.6. The Hall–Kier alpha value is -2.05. The van der Waals surface area contributed by atoms with Gasteiger partial charge in [0.25, 0.3) is 0 Å². The number of hydrogen-bond acceptors (Lipinski definition) is 5. The van der Waals surface area contributed by atoms with E-state index in [-0.39, 0.29) is 5.97 Å². The summed E-state index contributed by atoms with van der Waals surface area (Å²) in [6, 6.07) is 0. The lowest BCUT2D eigenvalue weighted by Crippen LogP contribution is -2.34. The third kappa shape index (κ3) is 5.85. The molecule has 0 saturated carbocycles. The van der Waals surface area contributed by atoms with Crippen LogP contribution in [0.3, 0.4) is 0 Å². The maximum Gasteiger partial charge on any atom is 0.407 e. The van der Waals surface area contributed by atoms with Gasteiger partial charge in [-0.05, 0) is 34.6 Å². The molecule has 1 rings (SSSR count). The van der Waals surface area contributed by atoms with E-state index in [1.54, 1.807) is 45.5 Å². The third-order valence-corrected chi connectivity index (χ3v) is 2.45. The van der Waals surface area contributed by atoms with Crippen molar-refractivity contribution in [2.24, 2.45) is 0 Å². The molecular formula is C14H23N3O4. The number of hydrogen-bond donors (Lipinski definition) is 1. The van der Waals surface area contributed by atoms with Crippen LogP contribution < -0.4 is 5.32 Å². The van der Waals surface area contributed by atoms with Crippen molar-refractivity contribution in [3.63, 3.8) is 0 Å². The van der Waals surface area contributed by atoms with Crippen LogP contribution in [0, 0.1) is 6.92 Å². The topological polar surface area (TPSA) is 82.5 Å². The zero-order chi connectivity index (χ0) is 16.0. The first-order valence-corrected chi connectivity index (χ1v) is 6.91. The summed E-state index contributed by atoms with van der Waals surface area (Å²) in [5.74, 6) is -0.388. The molecule has 0 unspecified atom stereocenters. The number of carbonyl (C=O) groups excluding carboxylic acids is 2. The van der Waals surface area contributed by atoms with E-state index in [2.05, 4.69) is 10.4 Å². The molecule has 1 heterocycles. The van der Waals surface area contributed by atoms with Crippen molar-refractivity contribution in [1.82, 2.24) is 15.1 Å². The normalized spacial score (nSPS) is 11.1. The minimum Gasteiger partial charge on any atom is -0.462 e. The minimum atomic E-state index is -0.524. The molecule has 1 amide bonds. The molecule has 21 heavy (non-hydrogen) atoms. The fourth-order valence-corrected chi connectivity index (χ4v) is 1.63. The van der Waals surface area contributed by atoms with E-state index in [0.29, 0.717) is 31.0 Å². The average molecular weight is 297 g/mol. The van der Waals surface area contributed by atoms with Gasteiger partial charge in [-0.15, -0.1) is 0 Å². The van der Waals surface area contributed by atoms with Crippen molar-refractivity contribution >= 4 is 12.1 Å². The molecule has 0 bridgehead atoms. The summed E-state index contributed by atoms with van der Waals surface area (Å²) < 4.78 is 11.7. The van der Waals surface area contributed by atoms with Crippen LogP contribution in [0.15, 0.2) is 6.20 Å². The van der Waals surface area contributed by atoms with Gasteiger partial charge in [0.1, 0.15) is 11.2 Å². The lowest BCUT2D eigenvalue weighted by molar-refractivity contribution is 0.0513. The smallest absolute Gasteiger partial charge is 0.407 e. The Morgan fingerprint density at radius 1 is 1.38 bits per heavy atom. The molecule has 118 valence electrons. The second-order valence-electron chi connectivity index (χ2n) is 5.54. The molecule has 0 aromatic carbocycles. The largest absolute Gasteiger partial charge is 0.462 e. The molecule has 1 aromatic heterocycles. The molecule has 0 aliphatic heterocycles. The molecule has 1 N–H and O–H groups in total. The van der Waals surface area contributed by atoms with Gasteiger partial charge in [0.15, 0.2) is 0 Å². The molecular weight excluding hydrogens is 274 g/mol. The predicted molar refractivity (Wildman–Crippen MR) is 77.2 cm³/mol. The average Bonchev–Trinajstić information content (AvgIpc) is 2.68. The van der Waals surface area contributed by atoms with Gasteiger partial charge in [0.2, 0.25) is 0 Å². The minimum absolute atomic E-state index is 0.323. The van der Waals surface area contributed by atoms with Crippen molar-refractivity contribution in [2.45, 2.75) is 46.8 Å². The fourth-order valence-electron chi connectivity index (χ4n) is 1.63. The predicted octanol–water partition coefficient (Wildman–Crippen LogP) is 1.89. The first-order valence-electron chi connectivity index (χ1n) is 6.91. The zero-order valence-electron chi connectivity index (χ0n) is 13.2. The van der Waals surface area contributed by atoms with Crippen LogP contribution in [0.2, 0.25) is 0 Å². The molecule has 7 nitrogen and oxygen atoms in total. The van der Waals surface area contributed by atoms with E-state index in [1.165, 1.54) is 0 Å². The molecule has 0 radical (unpaired) electrons. The van der Waals surface area contributed by atoms with Gasteiger partial charge in [0.05, 0.1) is 18.8 Å². The van der Waals surface area contributed by atoms with E-state index in [0.717, 1.165) is 0 Å². The van der Waals surface area contributed by atoms with E-state index in [4.69, 9.17) is 9.47 Å². The van der Waals surface area contributed by atoms with Gasteiger partial charge in [-0.25, -0.2) is 9.59 Å². The summed E-state index contributed by atoms with van der Waals surface area (Å²) in [5, 5.41) is 6.84. The van der Waals surface area contributed by atoms with Crippen LogP contribution in [0.4, 0.5) is 4.79 Å². The molecule has 0 atom stereocenters. The van der Waals surface area contributed by atoms with Crippen molar-refractivity contribution in [1.29, 1.82) is 0 Å². The highest BCUT2D eigenvalue weighted by molar-refractivity contribution is 5.90. The molecule has 0 aliphatic carbocycles. The van der Waals surface area contributed by atoms with Gasteiger partial charge >= 0.3 is 12.1 Å². The number of nitrogens with one attached hydrogen (secondary N) is 1. The van der Waals surface area contributed by atoms with Gasteiger partial charge in [-0.2, -0.15) is 5.10 Å². The Morgan fingerprint density at radius 3 is 2.62 bits per heavy atom. The Balaban J connectivity index is 2.48. The summed E-state index contributed by atoms with van der Waals surface area (Å²) in [7, 11) is 0. The van der Waals surface area contributed by atoms with Crippen LogP contribution in [0.25, 0.3) is 0 Å². The molecule has 0 aliphatic rings. The van der Waals surface area contributed by atoms with Crippen LogP contribution in [-0.2, 0) is 16.0 Å². The van der Waals surface area contributed by atoms with Gasteiger partial charge in [-0.1, -0.05) is 0 Å². The van der Waals surface area contributed by atoms with E-state index in [1.807, 2.05) is 0 Å². The zero-order valence-corrected chi connectivity index (χ0v) is 13.2. The fraction of sp³-hybridized carbons (Fsp3) is 0.643. The number of esters is 1. The van der Waals surface area contributed by atoms with E-state index >= 15 is 0 Å². The van der Waals surface area contributed by atoms with Gasteiger partial charge in [0, 0.05) is 12.7 Å². The Morgan fingerprint density at radius 2 is 2.05 bits per heavy atom. The summed E-state index contributed by atoms with van der Waals surface area (Å²) in [6.07, 6.45) is 1.14. The van der Waals surface area contributed by atoms with Crippen LogP contribution >= 0.6 is 0 Å². The highest BCUT2D eigenvalue weighted by Crippen LogP contribution is 2.08. The second kappa shape index (κ2) is 7.10. The molecule has 0 saturated heterocycles.